The molecule has 0 bridgehead atoms. The number of rotatable bonds is 8. The minimum absolute atomic E-state index is 0.149. The van der Waals surface area contributed by atoms with E-state index in [0.717, 1.165) is 50.9 Å². The van der Waals surface area contributed by atoms with Gasteiger partial charge in [-0.05, 0) is 39.3 Å². The Bertz CT molecular complexity index is 634. The van der Waals surface area contributed by atoms with Gasteiger partial charge in [-0.1, -0.05) is 11.6 Å². The summed E-state index contributed by atoms with van der Waals surface area (Å²) >= 11 is 6.26. The van der Waals surface area contributed by atoms with Crippen molar-refractivity contribution in [1.82, 2.24) is 20.5 Å². The maximum Gasteiger partial charge on any atom is 0.224 e. The van der Waals surface area contributed by atoms with Gasteiger partial charge in [-0.15, -0.1) is 0 Å². The van der Waals surface area contributed by atoms with E-state index in [2.05, 4.69) is 25.5 Å². The van der Waals surface area contributed by atoms with Gasteiger partial charge in [-0.25, -0.2) is 4.98 Å². The number of carbonyl (C=O) groups excluding carboxylic acids is 1. The zero-order chi connectivity index (χ0) is 19.6. The molecule has 150 valence electrons. The van der Waals surface area contributed by atoms with Crippen LogP contribution >= 0.6 is 11.6 Å². The van der Waals surface area contributed by atoms with Gasteiger partial charge in [-0.3, -0.25) is 9.79 Å². The number of guanidine groups is 1. The largest absolute Gasteiger partial charge is 0.357 e. The highest BCUT2D eigenvalue weighted by Gasteiger charge is 2.25. The summed E-state index contributed by atoms with van der Waals surface area (Å²) in [6, 6.07) is 3.97. The van der Waals surface area contributed by atoms with Crippen molar-refractivity contribution in [1.29, 1.82) is 0 Å². The average Bonchev–Trinajstić information content (AvgIpc) is 3.11. The van der Waals surface area contributed by atoms with Crippen LogP contribution in [0.3, 0.4) is 0 Å². The molecule has 7 nitrogen and oxygen atoms in total. The lowest BCUT2D eigenvalue weighted by Crippen LogP contribution is -2.44. The van der Waals surface area contributed by atoms with Crippen LogP contribution in [0.4, 0.5) is 5.82 Å². The number of hydrogen-bond acceptors (Lipinski definition) is 4. The fraction of sp³-hybridized carbons (Fsp3) is 0.632. The Morgan fingerprint density at radius 2 is 2.19 bits per heavy atom. The number of anilines is 1. The fourth-order valence-electron chi connectivity index (χ4n) is 3.19. The molecule has 1 unspecified atom stereocenters. The summed E-state index contributed by atoms with van der Waals surface area (Å²) < 4.78 is 0. The van der Waals surface area contributed by atoms with Crippen LogP contribution in [-0.2, 0) is 4.79 Å². The lowest BCUT2D eigenvalue weighted by Gasteiger charge is -2.20. The molecule has 1 aliphatic heterocycles. The van der Waals surface area contributed by atoms with Crippen LogP contribution in [0.1, 0.15) is 33.6 Å². The Labute approximate surface area is 167 Å². The molecule has 27 heavy (non-hydrogen) atoms. The first-order chi connectivity index (χ1) is 13.1. The van der Waals surface area contributed by atoms with E-state index in [1.165, 1.54) is 0 Å². The summed E-state index contributed by atoms with van der Waals surface area (Å²) in [6.45, 7) is 10.5. The summed E-state index contributed by atoms with van der Waals surface area (Å²) in [4.78, 5) is 25.1. The number of hydrogen-bond donors (Lipinski definition) is 2. The van der Waals surface area contributed by atoms with Gasteiger partial charge in [0.15, 0.2) is 5.96 Å². The highest BCUT2D eigenvalue weighted by Crippen LogP contribution is 2.25. The Hall–Kier alpha value is -2.02. The molecule has 0 aromatic carbocycles. The predicted octanol–water partition coefficient (Wildman–Crippen LogP) is 2.13. The zero-order valence-electron chi connectivity index (χ0n) is 16.5. The average molecular weight is 395 g/mol. The van der Waals surface area contributed by atoms with E-state index in [-0.39, 0.29) is 11.9 Å². The number of nitrogens with one attached hydrogen (secondary N) is 2. The Balaban J connectivity index is 1.88. The highest BCUT2D eigenvalue weighted by molar-refractivity contribution is 6.32. The number of aliphatic imine (C=N–C) groups is 1. The van der Waals surface area contributed by atoms with E-state index in [9.17, 15) is 4.79 Å². The summed E-state index contributed by atoms with van der Waals surface area (Å²) in [7, 11) is 0. The van der Waals surface area contributed by atoms with Gasteiger partial charge in [0.2, 0.25) is 5.91 Å². The van der Waals surface area contributed by atoms with E-state index < -0.39 is 0 Å². The van der Waals surface area contributed by atoms with Gasteiger partial charge in [-0.2, -0.15) is 0 Å². The molecule has 2 N–H and O–H groups in total. The molecule has 1 amide bonds. The van der Waals surface area contributed by atoms with E-state index in [1.807, 2.05) is 37.8 Å². The Morgan fingerprint density at radius 1 is 1.41 bits per heavy atom. The summed E-state index contributed by atoms with van der Waals surface area (Å²) in [5, 5.41) is 7.40. The second-order valence-corrected chi connectivity index (χ2v) is 6.87. The van der Waals surface area contributed by atoms with Crippen LogP contribution in [0, 0.1) is 0 Å². The van der Waals surface area contributed by atoms with Crippen molar-refractivity contribution in [3.63, 3.8) is 0 Å². The lowest BCUT2D eigenvalue weighted by molar-refractivity contribution is -0.130. The molecule has 0 radical (unpaired) electrons. The molecule has 1 aromatic rings. The number of nitrogens with zero attached hydrogens (tertiary/aromatic N) is 4. The zero-order valence-corrected chi connectivity index (χ0v) is 17.3. The number of amides is 1. The molecule has 1 atom stereocenters. The molecule has 0 saturated carbocycles. The van der Waals surface area contributed by atoms with E-state index in [4.69, 9.17) is 11.6 Å². The summed E-state index contributed by atoms with van der Waals surface area (Å²) in [5.41, 5.74) is 0. The molecular formula is C19H31ClN6O. The Morgan fingerprint density at radius 3 is 2.85 bits per heavy atom. The predicted molar refractivity (Wildman–Crippen MR) is 112 cm³/mol. The maximum absolute atomic E-state index is 12.1. The lowest BCUT2D eigenvalue weighted by atomic mass is 10.3. The third kappa shape index (κ3) is 6.27. The number of carbonyl (C=O) groups is 1. The molecule has 1 fully saturated rings. The number of halogens is 1. The number of pyridine rings is 1. The molecule has 8 heteroatoms. The third-order valence-corrected chi connectivity index (χ3v) is 4.92. The molecule has 1 saturated heterocycles. The number of aromatic nitrogens is 1. The Kier molecular flexibility index (Phi) is 8.64. The first kappa shape index (κ1) is 21.3. The molecule has 1 aromatic heterocycles. The first-order valence-electron chi connectivity index (χ1n) is 9.77. The van der Waals surface area contributed by atoms with Gasteiger partial charge in [0.1, 0.15) is 5.82 Å². The molecule has 0 spiro atoms. The van der Waals surface area contributed by atoms with Crippen LogP contribution in [0.25, 0.3) is 0 Å². The standard InChI is InChI=1S/C19H31ClN6O/c1-4-21-19(23-12-9-17(27)25(5-2)6-3)24-15-10-13-26(14-15)18-16(20)8-7-11-22-18/h7-8,11,15H,4-6,9-10,12-14H2,1-3H3,(H2,21,23,24). The molecular weight excluding hydrogens is 364 g/mol. The van der Waals surface area contributed by atoms with Gasteiger partial charge >= 0.3 is 0 Å². The van der Waals surface area contributed by atoms with Crippen LogP contribution in [0.15, 0.2) is 23.3 Å². The quantitative estimate of drug-likeness (QED) is 0.522. The third-order valence-electron chi connectivity index (χ3n) is 4.62. The van der Waals surface area contributed by atoms with Crippen molar-refractivity contribution < 1.29 is 4.79 Å². The molecule has 2 rings (SSSR count). The normalized spacial score (nSPS) is 17.1. The van der Waals surface area contributed by atoms with Gasteiger partial charge in [0.25, 0.3) is 0 Å². The first-order valence-corrected chi connectivity index (χ1v) is 10.1. The maximum atomic E-state index is 12.1. The fourth-order valence-corrected chi connectivity index (χ4v) is 3.43. The SMILES string of the molecule is CCNC(=NCCC(=O)N(CC)CC)NC1CCN(c2ncccc2Cl)C1. The minimum Gasteiger partial charge on any atom is -0.357 e. The smallest absolute Gasteiger partial charge is 0.224 e. The van der Waals surface area contributed by atoms with Gasteiger partial charge < -0.3 is 20.4 Å². The van der Waals surface area contributed by atoms with Crippen molar-refractivity contribution >= 4 is 29.3 Å². The second kappa shape index (κ2) is 11.0. The summed E-state index contributed by atoms with van der Waals surface area (Å²) in [6.07, 6.45) is 3.18. The van der Waals surface area contributed by atoms with Crippen molar-refractivity contribution in [3.05, 3.63) is 23.4 Å². The topological polar surface area (TPSA) is 72.9 Å². The van der Waals surface area contributed by atoms with Crippen LogP contribution < -0.4 is 15.5 Å². The van der Waals surface area contributed by atoms with Crippen LogP contribution in [0.2, 0.25) is 5.02 Å². The summed E-state index contributed by atoms with van der Waals surface area (Å²) in [5.74, 6) is 1.73. The van der Waals surface area contributed by atoms with Gasteiger partial charge in [0.05, 0.1) is 11.6 Å². The van der Waals surface area contributed by atoms with Crippen molar-refractivity contribution in [2.24, 2.45) is 4.99 Å². The second-order valence-electron chi connectivity index (χ2n) is 6.46. The van der Waals surface area contributed by atoms with E-state index >= 15 is 0 Å². The van der Waals surface area contributed by atoms with Crippen LogP contribution in [-0.4, -0.2) is 67.1 Å². The van der Waals surface area contributed by atoms with Crippen molar-refractivity contribution in [2.75, 3.05) is 44.2 Å². The van der Waals surface area contributed by atoms with Crippen molar-refractivity contribution in [3.8, 4) is 0 Å². The highest BCUT2D eigenvalue weighted by atomic mass is 35.5. The molecule has 2 heterocycles. The molecule has 0 aliphatic carbocycles. The monoisotopic (exact) mass is 394 g/mol. The minimum atomic E-state index is 0.149. The van der Waals surface area contributed by atoms with E-state index in [0.29, 0.717) is 18.0 Å². The van der Waals surface area contributed by atoms with E-state index in [1.54, 1.807) is 6.20 Å². The van der Waals surface area contributed by atoms with Crippen LogP contribution in [0.5, 0.6) is 0 Å². The molecule has 1 aliphatic rings. The van der Waals surface area contributed by atoms with Crippen molar-refractivity contribution in [2.45, 2.75) is 39.7 Å². The van der Waals surface area contributed by atoms with Gasteiger partial charge in [0, 0.05) is 51.4 Å².